The Kier molecular flexibility index (Phi) is 9.54. The second-order valence-corrected chi connectivity index (χ2v) is 17.5. The Bertz CT molecular complexity index is 2090. The van der Waals surface area contributed by atoms with Gasteiger partial charge in [-0.3, -0.25) is 4.98 Å². The summed E-state index contributed by atoms with van der Waals surface area (Å²) in [5.74, 6) is 1.41. The summed E-state index contributed by atoms with van der Waals surface area (Å²) < 4.78 is 8.32. The van der Waals surface area contributed by atoms with Gasteiger partial charge in [-0.25, -0.2) is 4.98 Å². The summed E-state index contributed by atoms with van der Waals surface area (Å²) in [5.41, 5.74) is 8.93. The minimum atomic E-state index is -1.34. The summed E-state index contributed by atoms with van der Waals surface area (Å²) in [6.07, 6.45) is 2.09. The van der Waals surface area contributed by atoms with E-state index in [1.54, 1.807) is 0 Å². The van der Waals surface area contributed by atoms with E-state index < -0.39 is 8.07 Å². The maximum Gasteiger partial charge on any atom is 0.216 e. The number of hydrogen-bond donors (Lipinski definition) is 0. The first-order chi connectivity index (χ1) is 21.2. The minimum Gasteiger partial charge on any atom is -0.486 e. The standard InChI is InChI=1S/C21H16N3O.C17H22NSi.Ir/c1-3-24-18-10-5-4-9-17(18)23-20(24)16-8-6-7-14-15-12-11-13(2)22-21(15)25-19(14)16;1-13(2)15-11-16(14-9-7-6-8-10-14)18-12-17(15)19(3,4)5;/h4-7,9-12H,3H2,1-2H3;6-9,11-13H,1-5H3;/q2*-1;. The van der Waals surface area contributed by atoms with Crippen LogP contribution in [0.3, 0.4) is 0 Å². The largest absolute Gasteiger partial charge is 0.486 e. The molecule has 231 valence electrons. The zero-order valence-electron chi connectivity index (χ0n) is 26.9. The summed E-state index contributed by atoms with van der Waals surface area (Å²) in [5, 5.41) is 3.54. The molecule has 0 spiro atoms. The average Bonchev–Trinajstić information content (AvgIpc) is 3.58. The van der Waals surface area contributed by atoms with Gasteiger partial charge in [0, 0.05) is 43.9 Å². The molecule has 0 aliphatic heterocycles. The summed E-state index contributed by atoms with van der Waals surface area (Å²) in [6, 6.07) is 33.1. The van der Waals surface area contributed by atoms with Crippen LogP contribution in [0, 0.1) is 19.1 Å². The zero-order valence-corrected chi connectivity index (χ0v) is 30.3. The number of para-hydroxylation sites is 2. The summed E-state index contributed by atoms with van der Waals surface area (Å²) >= 11 is 0. The normalized spacial score (nSPS) is 11.6. The van der Waals surface area contributed by atoms with Crippen LogP contribution < -0.4 is 5.19 Å². The van der Waals surface area contributed by atoms with Gasteiger partial charge in [0.25, 0.3) is 0 Å². The number of aryl methyl sites for hydroxylation is 2. The zero-order chi connectivity index (χ0) is 31.0. The van der Waals surface area contributed by atoms with Crippen LogP contribution in [0.2, 0.25) is 19.6 Å². The van der Waals surface area contributed by atoms with Crippen molar-refractivity contribution in [2.45, 2.75) is 59.8 Å². The topological polar surface area (TPSA) is 56.7 Å². The monoisotopic (exact) mass is 787 g/mol. The number of pyridine rings is 2. The Morgan fingerprint density at radius 2 is 1.67 bits per heavy atom. The molecule has 3 aromatic carbocycles. The maximum absolute atomic E-state index is 6.12. The molecule has 1 radical (unpaired) electrons. The van der Waals surface area contributed by atoms with Gasteiger partial charge in [-0.1, -0.05) is 68.2 Å². The Labute approximate surface area is 280 Å². The van der Waals surface area contributed by atoms with Crippen molar-refractivity contribution in [1.82, 2.24) is 19.5 Å². The number of nitrogens with zero attached hydrogens (tertiary/aromatic N) is 4. The fraction of sp³-hybridized carbons (Fsp3) is 0.237. The third-order valence-corrected chi connectivity index (χ3v) is 10.0. The van der Waals surface area contributed by atoms with E-state index in [4.69, 9.17) is 9.40 Å². The Morgan fingerprint density at radius 1 is 0.889 bits per heavy atom. The molecule has 0 saturated heterocycles. The first-order valence-electron chi connectivity index (χ1n) is 15.3. The molecular weight excluding hydrogens is 749 g/mol. The second kappa shape index (κ2) is 13.2. The van der Waals surface area contributed by atoms with Gasteiger partial charge in [-0.2, -0.15) is 0 Å². The molecule has 4 aromatic heterocycles. The van der Waals surface area contributed by atoms with Crippen LogP contribution in [0.4, 0.5) is 0 Å². The number of fused-ring (bicyclic) bond motifs is 4. The van der Waals surface area contributed by atoms with Crippen LogP contribution in [0.1, 0.15) is 37.9 Å². The summed E-state index contributed by atoms with van der Waals surface area (Å²) in [4.78, 5) is 14.0. The molecule has 0 aliphatic rings. The molecule has 0 bridgehead atoms. The van der Waals surface area contributed by atoms with Crippen LogP contribution in [-0.2, 0) is 26.7 Å². The van der Waals surface area contributed by atoms with E-state index in [2.05, 4.69) is 97.5 Å². The van der Waals surface area contributed by atoms with Gasteiger partial charge in [0.05, 0.1) is 30.5 Å². The van der Waals surface area contributed by atoms with Crippen molar-refractivity contribution in [3.8, 4) is 22.6 Å². The van der Waals surface area contributed by atoms with Gasteiger partial charge in [0.2, 0.25) is 5.71 Å². The number of benzene rings is 3. The number of hydrogen-bond acceptors (Lipinski definition) is 4. The number of rotatable bonds is 5. The second-order valence-electron chi connectivity index (χ2n) is 12.5. The predicted octanol–water partition coefficient (Wildman–Crippen LogP) is 9.34. The fourth-order valence-electron chi connectivity index (χ4n) is 5.74. The van der Waals surface area contributed by atoms with Crippen LogP contribution in [-0.4, -0.2) is 27.6 Å². The molecule has 0 fully saturated rings. The summed E-state index contributed by atoms with van der Waals surface area (Å²) in [7, 11) is -1.34. The van der Waals surface area contributed by atoms with Crippen molar-refractivity contribution in [3.63, 3.8) is 0 Å². The Balaban J connectivity index is 0.000000181. The number of imidazole rings is 1. The Morgan fingerprint density at radius 3 is 2.38 bits per heavy atom. The fourth-order valence-corrected chi connectivity index (χ4v) is 7.42. The molecule has 0 N–H and O–H groups in total. The third kappa shape index (κ3) is 6.43. The van der Waals surface area contributed by atoms with Gasteiger partial charge < -0.3 is 14.0 Å². The van der Waals surface area contributed by atoms with Gasteiger partial charge >= 0.3 is 0 Å². The van der Waals surface area contributed by atoms with Gasteiger partial charge in [0.15, 0.2) is 0 Å². The quantitative estimate of drug-likeness (QED) is 0.129. The summed E-state index contributed by atoms with van der Waals surface area (Å²) in [6.45, 7) is 16.6. The smallest absolute Gasteiger partial charge is 0.216 e. The van der Waals surface area contributed by atoms with Crippen molar-refractivity contribution in [2.75, 3.05) is 0 Å². The molecule has 4 heterocycles. The molecule has 0 unspecified atom stereocenters. The molecule has 7 heteroatoms. The van der Waals surface area contributed by atoms with Gasteiger partial charge in [-0.15, -0.1) is 54.1 Å². The molecule has 5 nitrogen and oxygen atoms in total. The molecule has 0 aliphatic carbocycles. The predicted molar refractivity (Wildman–Crippen MR) is 185 cm³/mol. The third-order valence-electron chi connectivity index (χ3n) is 7.98. The van der Waals surface area contributed by atoms with Crippen LogP contribution in [0.5, 0.6) is 0 Å². The van der Waals surface area contributed by atoms with Crippen LogP contribution >= 0.6 is 0 Å². The van der Waals surface area contributed by atoms with Crippen molar-refractivity contribution in [2.24, 2.45) is 0 Å². The van der Waals surface area contributed by atoms with E-state index in [1.807, 2.05) is 61.5 Å². The van der Waals surface area contributed by atoms with Gasteiger partial charge in [-0.05, 0) is 54.9 Å². The van der Waals surface area contributed by atoms with E-state index in [-0.39, 0.29) is 20.1 Å². The maximum atomic E-state index is 6.12. The van der Waals surface area contributed by atoms with Crippen LogP contribution in [0.25, 0.3) is 55.7 Å². The van der Waals surface area contributed by atoms with E-state index in [0.29, 0.717) is 11.6 Å². The molecule has 7 aromatic rings. The first-order valence-corrected chi connectivity index (χ1v) is 18.8. The first kappa shape index (κ1) is 32.5. The van der Waals surface area contributed by atoms with Crippen molar-refractivity contribution < 1.29 is 24.5 Å². The number of aromatic nitrogens is 4. The molecule has 45 heavy (non-hydrogen) atoms. The van der Waals surface area contributed by atoms with E-state index in [9.17, 15) is 0 Å². The van der Waals surface area contributed by atoms with Crippen molar-refractivity contribution in [1.29, 1.82) is 0 Å². The molecular formula is C38H38IrN4OSi-2. The molecule has 0 amide bonds. The molecule has 0 saturated carbocycles. The van der Waals surface area contributed by atoms with E-state index in [0.717, 1.165) is 62.3 Å². The molecule has 7 rings (SSSR count). The van der Waals surface area contributed by atoms with Gasteiger partial charge in [0.1, 0.15) is 0 Å². The molecule has 0 atom stereocenters. The van der Waals surface area contributed by atoms with Crippen molar-refractivity contribution >= 4 is 46.4 Å². The Hall–Kier alpha value is -3.90. The van der Waals surface area contributed by atoms with Crippen molar-refractivity contribution in [3.05, 3.63) is 108 Å². The van der Waals surface area contributed by atoms with E-state index in [1.165, 1.54) is 10.8 Å². The minimum absolute atomic E-state index is 0. The SMILES string of the molecule is CC(C)c1cc(-c2[c-]cccc2)ncc1[Si](C)(C)C.CCn1c(-c2[c-]ccc3c2oc2nc(C)ccc23)nc2ccccc21.[Ir]. The van der Waals surface area contributed by atoms with E-state index >= 15 is 0 Å². The average molecular weight is 787 g/mol. The number of furan rings is 1. The van der Waals surface area contributed by atoms with Crippen LogP contribution in [0.15, 0.2) is 89.5 Å².